The maximum absolute atomic E-state index is 11.9. The quantitative estimate of drug-likeness (QED) is 0.886. The Morgan fingerprint density at radius 3 is 2.57 bits per heavy atom. The summed E-state index contributed by atoms with van der Waals surface area (Å²) in [5, 5.41) is 5.29. The lowest BCUT2D eigenvalue weighted by atomic mass is 9.86. The summed E-state index contributed by atoms with van der Waals surface area (Å²) in [4.78, 5) is 23.6. The molecular weight excluding hydrogens is 272 g/mol. The fraction of sp³-hybridized carbons (Fsp3) is 0.333. The van der Waals surface area contributed by atoms with Gasteiger partial charge in [-0.3, -0.25) is 4.79 Å². The number of hydrogen-bond donors (Lipinski definition) is 2. The van der Waals surface area contributed by atoms with Gasteiger partial charge in [-0.1, -0.05) is 6.58 Å². The second-order valence-electron chi connectivity index (χ2n) is 4.80. The van der Waals surface area contributed by atoms with Crippen molar-refractivity contribution in [1.29, 1.82) is 0 Å². The molecule has 1 aromatic rings. The summed E-state index contributed by atoms with van der Waals surface area (Å²) in [6.45, 7) is 5.24. The molecule has 0 bridgehead atoms. The molecule has 112 valence electrons. The number of benzene rings is 1. The van der Waals surface area contributed by atoms with Crippen molar-refractivity contribution in [3.8, 4) is 11.5 Å². The van der Waals surface area contributed by atoms with E-state index in [0.717, 1.165) is 0 Å². The van der Waals surface area contributed by atoms with Gasteiger partial charge in [0, 0.05) is 11.3 Å². The number of ketones is 1. The number of methoxy groups -OCH3 is 2. The molecule has 0 aliphatic carbocycles. The highest BCUT2D eigenvalue weighted by Crippen LogP contribution is 2.37. The lowest BCUT2D eigenvalue weighted by molar-refractivity contribution is -0.120. The highest BCUT2D eigenvalue weighted by molar-refractivity contribution is 5.88. The SMILES string of the molecule is C=C1NC(=O)NC(c2cc(OC)ccc2OC)C1C(C)=O. The van der Waals surface area contributed by atoms with Crippen LogP contribution in [0.2, 0.25) is 0 Å². The monoisotopic (exact) mass is 290 g/mol. The van der Waals surface area contributed by atoms with Crippen LogP contribution in [-0.2, 0) is 4.79 Å². The van der Waals surface area contributed by atoms with Crippen molar-refractivity contribution in [3.63, 3.8) is 0 Å². The molecule has 1 aliphatic heterocycles. The third-order valence-corrected chi connectivity index (χ3v) is 3.48. The first kappa shape index (κ1) is 14.9. The highest BCUT2D eigenvalue weighted by Gasteiger charge is 2.37. The fourth-order valence-electron chi connectivity index (χ4n) is 2.51. The Kier molecular flexibility index (Phi) is 4.16. The van der Waals surface area contributed by atoms with Crippen molar-refractivity contribution in [2.75, 3.05) is 14.2 Å². The molecule has 2 rings (SSSR count). The van der Waals surface area contributed by atoms with E-state index in [2.05, 4.69) is 17.2 Å². The minimum atomic E-state index is -0.566. The number of ether oxygens (including phenoxy) is 2. The third-order valence-electron chi connectivity index (χ3n) is 3.48. The second kappa shape index (κ2) is 5.87. The molecule has 1 aromatic carbocycles. The Hall–Kier alpha value is -2.50. The molecule has 2 unspecified atom stereocenters. The van der Waals surface area contributed by atoms with Gasteiger partial charge < -0.3 is 20.1 Å². The van der Waals surface area contributed by atoms with E-state index in [4.69, 9.17) is 9.47 Å². The van der Waals surface area contributed by atoms with E-state index >= 15 is 0 Å². The van der Waals surface area contributed by atoms with Gasteiger partial charge in [-0.25, -0.2) is 4.79 Å². The maximum atomic E-state index is 11.9. The Morgan fingerprint density at radius 2 is 2.00 bits per heavy atom. The van der Waals surface area contributed by atoms with Gasteiger partial charge in [-0.2, -0.15) is 0 Å². The number of urea groups is 1. The summed E-state index contributed by atoms with van der Waals surface area (Å²) in [5.74, 6) is 0.527. The summed E-state index contributed by atoms with van der Waals surface area (Å²) in [6.07, 6.45) is 0. The molecule has 2 N–H and O–H groups in total. The van der Waals surface area contributed by atoms with Crippen LogP contribution in [0.15, 0.2) is 30.5 Å². The zero-order chi connectivity index (χ0) is 15.6. The van der Waals surface area contributed by atoms with Crippen LogP contribution in [0.4, 0.5) is 4.79 Å². The van der Waals surface area contributed by atoms with E-state index in [0.29, 0.717) is 22.8 Å². The highest BCUT2D eigenvalue weighted by atomic mass is 16.5. The molecule has 1 fully saturated rings. The average molecular weight is 290 g/mol. The molecule has 1 aliphatic rings. The zero-order valence-electron chi connectivity index (χ0n) is 12.2. The largest absolute Gasteiger partial charge is 0.497 e. The first-order valence-corrected chi connectivity index (χ1v) is 6.46. The normalized spacial score (nSPS) is 21.3. The number of Topliss-reactive ketones (excluding diaryl/α,β-unsaturated/α-hetero) is 1. The molecule has 0 spiro atoms. The van der Waals surface area contributed by atoms with Crippen molar-refractivity contribution in [2.45, 2.75) is 13.0 Å². The van der Waals surface area contributed by atoms with Gasteiger partial charge in [0.15, 0.2) is 0 Å². The Morgan fingerprint density at radius 1 is 1.29 bits per heavy atom. The summed E-state index contributed by atoms with van der Waals surface area (Å²) in [6, 6.07) is 4.30. The van der Waals surface area contributed by atoms with Crippen LogP contribution >= 0.6 is 0 Å². The molecule has 6 nitrogen and oxygen atoms in total. The number of hydrogen-bond acceptors (Lipinski definition) is 4. The first-order chi connectivity index (χ1) is 9.97. The Labute approximate surface area is 123 Å². The smallest absolute Gasteiger partial charge is 0.319 e. The van der Waals surface area contributed by atoms with Gasteiger partial charge in [-0.05, 0) is 25.1 Å². The van der Waals surface area contributed by atoms with Gasteiger partial charge in [0.05, 0.1) is 26.2 Å². The minimum absolute atomic E-state index is 0.0950. The van der Waals surface area contributed by atoms with Crippen LogP contribution in [-0.4, -0.2) is 26.0 Å². The van der Waals surface area contributed by atoms with Crippen LogP contribution in [0.3, 0.4) is 0 Å². The molecule has 0 radical (unpaired) electrons. The van der Waals surface area contributed by atoms with Crippen molar-refractivity contribution in [1.82, 2.24) is 10.6 Å². The van der Waals surface area contributed by atoms with Gasteiger partial charge in [-0.15, -0.1) is 0 Å². The van der Waals surface area contributed by atoms with Gasteiger partial charge in [0.2, 0.25) is 0 Å². The second-order valence-corrected chi connectivity index (χ2v) is 4.80. The molecule has 2 amide bonds. The summed E-state index contributed by atoms with van der Waals surface area (Å²) in [7, 11) is 3.08. The molecule has 6 heteroatoms. The van der Waals surface area contributed by atoms with Crippen molar-refractivity contribution >= 4 is 11.8 Å². The molecule has 2 atom stereocenters. The van der Waals surface area contributed by atoms with Crippen molar-refractivity contribution in [3.05, 3.63) is 36.0 Å². The predicted molar refractivity (Wildman–Crippen MR) is 77.3 cm³/mol. The molecule has 0 aromatic heterocycles. The van der Waals surface area contributed by atoms with Crippen LogP contribution in [0.1, 0.15) is 18.5 Å². The number of nitrogens with one attached hydrogen (secondary N) is 2. The predicted octanol–water partition coefficient (Wildman–Crippen LogP) is 1.78. The summed E-state index contributed by atoms with van der Waals surface area (Å²) >= 11 is 0. The van der Waals surface area contributed by atoms with E-state index in [1.54, 1.807) is 25.3 Å². The first-order valence-electron chi connectivity index (χ1n) is 6.46. The fourth-order valence-corrected chi connectivity index (χ4v) is 2.51. The molecule has 21 heavy (non-hydrogen) atoms. The van der Waals surface area contributed by atoms with Crippen LogP contribution in [0.25, 0.3) is 0 Å². The number of amides is 2. The van der Waals surface area contributed by atoms with Crippen LogP contribution < -0.4 is 20.1 Å². The van der Waals surface area contributed by atoms with Crippen LogP contribution in [0, 0.1) is 5.92 Å². The van der Waals surface area contributed by atoms with Crippen molar-refractivity contribution < 1.29 is 19.1 Å². The van der Waals surface area contributed by atoms with Gasteiger partial charge in [0.25, 0.3) is 0 Å². The maximum Gasteiger partial charge on any atom is 0.319 e. The summed E-state index contributed by atoms with van der Waals surface area (Å²) < 4.78 is 10.5. The Balaban J connectivity index is 2.52. The van der Waals surface area contributed by atoms with Crippen molar-refractivity contribution in [2.24, 2.45) is 5.92 Å². The molecule has 1 heterocycles. The lowest BCUT2D eigenvalue weighted by Crippen LogP contribution is -2.50. The van der Waals surface area contributed by atoms with E-state index < -0.39 is 18.0 Å². The third kappa shape index (κ3) is 2.84. The zero-order valence-corrected chi connectivity index (χ0v) is 12.2. The topological polar surface area (TPSA) is 76.7 Å². The summed E-state index contributed by atoms with van der Waals surface area (Å²) in [5.41, 5.74) is 1.05. The molecule has 1 saturated heterocycles. The van der Waals surface area contributed by atoms with E-state index in [9.17, 15) is 9.59 Å². The average Bonchev–Trinajstić information content (AvgIpc) is 2.45. The number of carbonyl (C=O) groups excluding carboxylic acids is 2. The van der Waals surface area contributed by atoms with E-state index in [1.807, 2.05) is 0 Å². The van der Waals surface area contributed by atoms with Gasteiger partial charge >= 0.3 is 6.03 Å². The van der Waals surface area contributed by atoms with Crippen LogP contribution in [0.5, 0.6) is 11.5 Å². The van der Waals surface area contributed by atoms with E-state index in [-0.39, 0.29) is 5.78 Å². The molecule has 0 saturated carbocycles. The standard InChI is InChI=1S/C15H18N2O4/c1-8-13(9(2)18)14(17-15(19)16-8)11-7-10(20-3)5-6-12(11)21-4/h5-7,13-14H,1H2,2-4H3,(H2,16,17,19). The minimum Gasteiger partial charge on any atom is -0.497 e. The lowest BCUT2D eigenvalue weighted by Gasteiger charge is -2.34. The number of carbonyl (C=O) groups is 2. The van der Waals surface area contributed by atoms with Gasteiger partial charge in [0.1, 0.15) is 17.3 Å². The Bertz CT molecular complexity index is 597. The molecular formula is C15H18N2O4. The number of rotatable bonds is 4. The van der Waals surface area contributed by atoms with E-state index in [1.165, 1.54) is 14.0 Å².